The summed E-state index contributed by atoms with van der Waals surface area (Å²) in [6, 6.07) is 7.03. The van der Waals surface area contributed by atoms with Gasteiger partial charge in [-0.2, -0.15) is 0 Å². The van der Waals surface area contributed by atoms with E-state index in [2.05, 4.69) is 20.9 Å². The number of aldehydes is 1. The number of benzene rings is 1. The number of nitrogens with zero attached hydrogens (tertiary/aromatic N) is 1. The fourth-order valence-electron chi connectivity index (χ4n) is 1.42. The maximum Gasteiger partial charge on any atom is 0.222 e. The van der Waals surface area contributed by atoms with E-state index in [9.17, 15) is 4.79 Å². The first-order valence-electron chi connectivity index (χ1n) is 5.15. The molecular weight excluding hydrogens is 318 g/mol. The Morgan fingerprint density at radius 2 is 2.17 bits per heavy atom. The van der Waals surface area contributed by atoms with Crippen molar-refractivity contribution in [3.8, 4) is 11.6 Å². The van der Waals surface area contributed by atoms with Crippen molar-refractivity contribution >= 4 is 33.8 Å². The van der Waals surface area contributed by atoms with Gasteiger partial charge in [-0.1, -0.05) is 27.5 Å². The Morgan fingerprint density at radius 1 is 1.39 bits per heavy atom. The molecular formula is C13H9BrClNO2. The van der Waals surface area contributed by atoms with E-state index in [1.807, 2.05) is 13.0 Å². The van der Waals surface area contributed by atoms with Gasteiger partial charge in [-0.05, 0) is 31.2 Å². The summed E-state index contributed by atoms with van der Waals surface area (Å²) in [5, 5.41) is 0.491. The minimum absolute atomic E-state index is 0.435. The summed E-state index contributed by atoms with van der Waals surface area (Å²) < 4.78 is 6.49. The quantitative estimate of drug-likeness (QED) is 0.784. The second-order valence-electron chi connectivity index (χ2n) is 3.69. The Hall–Kier alpha value is -1.39. The SMILES string of the molecule is Cc1cc(C=O)cnc1Oc1ccc(Br)cc1Cl. The third-order valence-electron chi connectivity index (χ3n) is 2.29. The highest BCUT2D eigenvalue weighted by Gasteiger charge is 2.07. The van der Waals surface area contributed by atoms with Crippen LogP contribution >= 0.6 is 27.5 Å². The molecule has 0 unspecified atom stereocenters. The topological polar surface area (TPSA) is 39.2 Å². The van der Waals surface area contributed by atoms with Crippen LogP contribution in [0.3, 0.4) is 0 Å². The van der Waals surface area contributed by atoms with Crippen molar-refractivity contribution in [3.63, 3.8) is 0 Å². The number of carbonyl (C=O) groups is 1. The van der Waals surface area contributed by atoms with Crippen molar-refractivity contribution < 1.29 is 9.53 Å². The summed E-state index contributed by atoms with van der Waals surface area (Å²) in [6.45, 7) is 1.82. The van der Waals surface area contributed by atoms with Crippen LogP contribution in [-0.4, -0.2) is 11.3 Å². The van der Waals surface area contributed by atoms with Gasteiger partial charge in [0.15, 0.2) is 6.29 Å². The van der Waals surface area contributed by atoms with Gasteiger partial charge in [0, 0.05) is 21.8 Å². The van der Waals surface area contributed by atoms with Gasteiger partial charge in [0.2, 0.25) is 5.88 Å². The lowest BCUT2D eigenvalue weighted by Gasteiger charge is -2.09. The molecule has 3 nitrogen and oxygen atoms in total. The van der Waals surface area contributed by atoms with Crippen molar-refractivity contribution in [1.82, 2.24) is 4.98 Å². The number of halogens is 2. The summed E-state index contributed by atoms with van der Waals surface area (Å²) in [6.07, 6.45) is 2.21. The monoisotopic (exact) mass is 325 g/mol. The van der Waals surface area contributed by atoms with E-state index in [1.165, 1.54) is 6.20 Å². The summed E-state index contributed by atoms with van der Waals surface area (Å²) >= 11 is 9.37. The van der Waals surface area contributed by atoms with Crippen LogP contribution in [0.4, 0.5) is 0 Å². The molecule has 1 aromatic heterocycles. The molecule has 2 aromatic rings. The van der Waals surface area contributed by atoms with E-state index in [1.54, 1.807) is 18.2 Å². The summed E-state index contributed by atoms with van der Waals surface area (Å²) in [5.74, 6) is 0.958. The highest BCUT2D eigenvalue weighted by atomic mass is 79.9. The first-order valence-corrected chi connectivity index (χ1v) is 6.32. The van der Waals surface area contributed by atoms with E-state index in [-0.39, 0.29) is 0 Å². The molecule has 0 aliphatic heterocycles. The van der Waals surface area contributed by atoms with Crippen molar-refractivity contribution in [2.45, 2.75) is 6.92 Å². The molecule has 0 radical (unpaired) electrons. The lowest BCUT2D eigenvalue weighted by molar-refractivity contribution is 0.112. The van der Waals surface area contributed by atoms with E-state index in [0.29, 0.717) is 22.2 Å². The zero-order valence-electron chi connectivity index (χ0n) is 9.48. The molecule has 18 heavy (non-hydrogen) atoms. The molecule has 5 heteroatoms. The smallest absolute Gasteiger partial charge is 0.222 e. The first kappa shape index (κ1) is 13.1. The number of aromatic nitrogens is 1. The van der Waals surface area contributed by atoms with Gasteiger partial charge in [-0.25, -0.2) is 4.98 Å². The lowest BCUT2D eigenvalue weighted by Crippen LogP contribution is -1.94. The molecule has 0 bridgehead atoms. The molecule has 92 valence electrons. The molecule has 0 aliphatic rings. The van der Waals surface area contributed by atoms with Crippen molar-refractivity contribution in [2.75, 3.05) is 0 Å². The third kappa shape index (κ3) is 2.89. The normalized spacial score (nSPS) is 10.2. The van der Waals surface area contributed by atoms with Crippen molar-refractivity contribution in [1.29, 1.82) is 0 Å². The van der Waals surface area contributed by atoms with Crippen LogP contribution < -0.4 is 4.74 Å². The first-order chi connectivity index (χ1) is 8.60. The minimum Gasteiger partial charge on any atom is -0.437 e. The zero-order valence-corrected chi connectivity index (χ0v) is 11.8. The van der Waals surface area contributed by atoms with Gasteiger partial charge >= 0.3 is 0 Å². The Balaban J connectivity index is 2.31. The summed E-state index contributed by atoms with van der Waals surface area (Å²) in [7, 11) is 0. The van der Waals surface area contributed by atoms with Crippen molar-refractivity contribution in [3.05, 3.63) is 51.1 Å². The molecule has 1 aromatic carbocycles. The number of pyridine rings is 1. The van der Waals surface area contributed by atoms with Gasteiger partial charge in [0.05, 0.1) is 5.02 Å². The second kappa shape index (κ2) is 5.50. The molecule has 0 saturated carbocycles. The average Bonchev–Trinajstić information content (AvgIpc) is 2.34. The van der Waals surface area contributed by atoms with Crippen molar-refractivity contribution in [2.24, 2.45) is 0 Å². The van der Waals surface area contributed by atoms with Gasteiger partial charge in [0.25, 0.3) is 0 Å². The van der Waals surface area contributed by atoms with Crippen LogP contribution in [0.5, 0.6) is 11.6 Å². The van der Waals surface area contributed by atoms with Gasteiger partial charge < -0.3 is 4.74 Å². The standard InChI is InChI=1S/C13H9BrClNO2/c1-8-4-9(7-17)6-16-13(8)18-12-3-2-10(14)5-11(12)15/h2-7H,1H3. The number of aryl methyl sites for hydroxylation is 1. The number of carbonyl (C=O) groups excluding carboxylic acids is 1. The number of rotatable bonds is 3. The predicted octanol–water partition coefficient (Wildman–Crippen LogP) is 4.41. The van der Waals surface area contributed by atoms with Crippen LogP contribution in [0.1, 0.15) is 15.9 Å². The molecule has 0 fully saturated rings. The van der Waals surface area contributed by atoms with Crippen LogP contribution in [0, 0.1) is 6.92 Å². The molecule has 0 saturated heterocycles. The van der Waals surface area contributed by atoms with Crippen LogP contribution in [0.15, 0.2) is 34.9 Å². The largest absolute Gasteiger partial charge is 0.437 e. The Labute approximate surface area is 118 Å². The zero-order chi connectivity index (χ0) is 13.1. The molecule has 1 heterocycles. The maximum absolute atomic E-state index is 10.6. The molecule has 0 atom stereocenters. The van der Waals surface area contributed by atoms with E-state index >= 15 is 0 Å². The second-order valence-corrected chi connectivity index (χ2v) is 5.01. The number of hydrogen-bond acceptors (Lipinski definition) is 3. The molecule has 0 N–H and O–H groups in total. The highest BCUT2D eigenvalue weighted by Crippen LogP contribution is 2.32. The fourth-order valence-corrected chi connectivity index (χ4v) is 2.13. The van der Waals surface area contributed by atoms with E-state index in [0.717, 1.165) is 16.3 Å². The molecule has 0 spiro atoms. The third-order valence-corrected chi connectivity index (χ3v) is 3.08. The van der Waals surface area contributed by atoms with Gasteiger partial charge in [-0.15, -0.1) is 0 Å². The average molecular weight is 327 g/mol. The van der Waals surface area contributed by atoms with Gasteiger partial charge in [0.1, 0.15) is 5.75 Å². The van der Waals surface area contributed by atoms with E-state index in [4.69, 9.17) is 16.3 Å². The number of hydrogen-bond donors (Lipinski definition) is 0. The maximum atomic E-state index is 10.6. The van der Waals surface area contributed by atoms with Crippen LogP contribution in [0.2, 0.25) is 5.02 Å². The minimum atomic E-state index is 0.435. The molecule has 0 amide bonds. The summed E-state index contributed by atoms with van der Waals surface area (Å²) in [4.78, 5) is 14.7. The van der Waals surface area contributed by atoms with E-state index < -0.39 is 0 Å². The van der Waals surface area contributed by atoms with Gasteiger partial charge in [-0.3, -0.25) is 4.79 Å². The molecule has 0 aliphatic carbocycles. The van der Waals surface area contributed by atoms with Crippen LogP contribution in [-0.2, 0) is 0 Å². The Kier molecular flexibility index (Phi) is 3.99. The number of ether oxygens (including phenoxy) is 1. The summed E-state index contributed by atoms with van der Waals surface area (Å²) in [5.41, 5.74) is 1.29. The van der Waals surface area contributed by atoms with Crippen LogP contribution in [0.25, 0.3) is 0 Å². The molecule has 2 rings (SSSR count). The highest BCUT2D eigenvalue weighted by molar-refractivity contribution is 9.10. The lowest BCUT2D eigenvalue weighted by atomic mass is 10.2. The Morgan fingerprint density at radius 3 is 2.78 bits per heavy atom. The predicted molar refractivity (Wildman–Crippen MR) is 73.6 cm³/mol. The fraction of sp³-hybridized carbons (Fsp3) is 0.0769. The Bertz CT molecular complexity index is 602.